The van der Waals surface area contributed by atoms with E-state index in [9.17, 15) is 0 Å². The summed E-state index contributed by atoms with van der Waals surface area (Å²) in [6.07, 6.45) is 10.9. The predicted molar refractivity (Wildman–Crippen MR) is 376 cm³/mol. The van der Waals surface area contributed by atoms with Gasteiger partial charge < -0.3 is 29.4 Å². The highest BCUT2D eigenvalue weighted by atomic mass is 15.5. The van der Waals surface area contributed by atoms with Crippen LogP contribution in [0.5, 0.6) is 0 Å². The van der Waals surface area contributed by atoms with E-state index >= 15 is 0 Å². The van der Waals surface area contributed by atoms with E-state index in [2.05, 4.69) is 299 Å². The highest BCUT2D eigenvalue weighted by Crippen LogP contribution is 2.57. The van der Waals surface area contributed by atoms with Crippen LogP contribution < -0.4 is 29.4 Å². The third kappa shape index (κ3) is 9.95. The second kappa shape index (κ2) is 22.2. The van der Waals surface area contributed by atoms with Gasteiger partial charge in [-0.3, -0.25) is 0 Å². The maximum atomic E-state index is 4.86. The van der Waals surface area contributed by atoms with Crippen LogP contribution in [0.1, 0.15) is 101 Å². The Kier molecular flexibility index (Phi) is 14.0. The molecule has 9 heterocycles. The van der Waals surface area contributed by atoms with Gasteiger partial charge in [0.25, 0.3) is 0 Å². The number of aromatic nitrogens is 4. The standard InChI is InChI=1S/C29H27N3.C28H26N4.C24H25N3/c1-29(2,3)22-16-15-21-18-27-31(26(21)19-22)25-14-9-17-30-28(25)32(27)24-13-8-7-12-23(24)20-10-5-4-6-11-20;1-28(2,3)21-14-13-20-17-25-31(26-27(30-16-15-29-26)32(25)24(20)18-21)23-12-8-7-11-22(23)19-9-5-4-6-10-19;1-16-8-5-6-9-19(16)26-21-10-7-13-25-23(21)27-20-12-11-18(24(2,3)4)14-17(20)15-22(26)27/h4-17,19,27H,18H2,1-3H3;4-16,18,25H,17H2,1-3H3;5-14,22H,15H2,1-4H3. The van der Waals surface area contributed by atoms with Crippen LogP contribution in [0.15, 0.2) is 237 Å². The van der Waals surface area contributed by atoms with Crippen LogP contribution >= 0.6 is 0 Å². The van der Waals surface area contributed by atoms with E-state index in [1.807, 2.05) is 24.5 Å². The average molecular weight is 1190 g/mol. The van der Waals surface area contributed by atoms with Gasteiger partial charge >= 0.3 is 0 Å². The molecule has 10 heteroatoms. The molecule has 0 saturated heterocycles. The first kappa shape index (κ1) is 57.4. The van der Waals surface area contributed by atoms with E-state index in [1.54, 1.807) is 12.4 Å². The molecule has 0 aliphatic carbocycles. The molecule has 91 heavy (non-hydrogen) atoms. The van der Waals surface area contributed by atoms with Gasteiger partial charge in [-0.25, -0.2) is 19.9 Å². The van der Waals surface area contributed by atoms with Crippen molar-refractivity contribution in [3.8, 4) is 22.3 Å². The van der Waals surface area contributed by atoms with Crippen molar-refractivity contribution < 1.29 is 0 Å². The van der Waals surface area contributed by atoms with E-state index in [4.69, 9.17) is 19.9 Å². The van der Waals surface area contributed by atoms with Crippen molar-refractivity contribution in [2.75, 3.05) is 29.4 Å². The first-order valence-electron chi connectivity index (χ1n) is 32.2. The second-order valence-corrected chi connectivity index (χ2v) is 28.0. The van der Waals surface area contributed by atoms with Gasteiger partial charge in [0.1, 0.15) is 18.5 Å². The van der Waals surface area contributed by atoms with Gasteiger partial charge in [-0.1, -0.05) is 214 Å². The largest absolute Gasteiger partial charge is 0.316 e. The molecule has 6 aliphatic rings. The zero-order valence-electron chi connectivity index (χ0n) is 53.8. The van der Waals surface area contributed by atoms with Crippen molar-refractivity contribution in [3.63, 3.8) is 0 Å². The van der Waals surface area contributed by atoms with Crippen molar-refractivity contribution in [1.82, 2.24) is 19.9 Å². The Hall–Kier alpha value is -10.1. The molecule has 0 bridgehead atoms. The summed E-state index contributed by atoms with van der Waals surface area (Å²) in [5.74, 6) is 3.96. The predicted octanol–water partition coefficient (Wildman–Crippen LogP) is 19.7. The van der Waals surface area contributed by atoms with Crippen LogP contribution in [0.25, 0.3) is 22.3 Å². The molecule has 8 aromatic carbocycles. The van der Waals surface area contributed by atoms with Crippen LogP contribution in [-0.2, 0) is 35.5 Å². The number of anilines is 12. The Balaban J connectivity index is 0.000000114. The Morgan fingerprint density at radius 2 is 0.648 bits per heavy atom. The normalized spacial score (nSPS) is 17.0. The van der Waals surface area contributed by atoms with Crippen LogP contribution in [0.4, 0.5) is 68.8 Å². The minimum atomic E-state index is 0.0949. The van der Waals surface area contributed by atoms with E-state index < -0.39 is 0 Å². The summed E-state index contributed by atoms with van der Waals surface area (Å²) in [5.41, 5.74) is 24.7. The maximum absolute atomic E-state index is 4.86. The van der Waals surface area contributed by atoms with Gasteiger partial charge in [-0.15, -0.1) is 0 Å². The summed E-state index contributed by atoms with van der Waals surface area (Å²) < 4.78 is 0. The molecule has 3 atom stereocenters. The molecule has 11 aromatic rings. The van der Waals surface area contributed by atoms with Gasteiger partial charge in [-0.2, -0.15) is 0 Å². The van der Waals surface area contributed by atoms with E-state index in [1.165, 1.54) is 101 Å². The first-order chi connectivity index (χ1) is 44.0. The number of hydrogen-bond acceptors (Lipinski definition) is 10. The molecule has 0 spiro atoms. The van der Waals surface area contributed by atoms with Gasteiger partial charge in [-0.05, 0) is 134 Å². The number of fused-ring (bicyclic) bond motifs is 15. The van der Waals surface area contributed by atoms with E-state index in [0.717, 1.165) is 48.2 Å². The van der Waals surface area contributed by atoms with Gasteiger partial charge in [0.05, 0.1) is 22.7 Å². The van der Waals surface area contributed by atoms with Crippen LogP contribution in [0.3, 0.4) is 0 Å². The second-order valence-electron chi connectivity index (χ2n) is 28.0. The molecule has 0 radical (unpaired) electrons. The molecule has 10 nitrogen and oxygen atoms in total. The first-order valence-corrected chi connectivity index (χ1v) is 32.2. The molecule has 0 fully saturated rings. The van der Waals surface area contributed by atoms with Crippen LogP contribution in [0.2, 0.25) is 0 Å². The van der Waals surface area contributed by atoms with E-state index in [0.29, 0.717) is 0 Å². The highest BCUT2D eigenvalue weighted by molar-refractivity contribution is 5.95. The van der Waals surface area contributed by atoms with Crippen molar-refractivity contribution in [2.24, 2.45) is 0 Å². The summed E-state index contributed by atoms with van der Waals surface area (Å²) in [4.78, 5) is 33.8. The molecular weight excluding hydrogens is 1110 g/mol. The lowest BCUT2D eigenvalue weighted by atomic mass is 9.86. The minimum Gasteiger partial charge on any atom is -0.316 e. The summed E-state index contributed by atoms with van der Waals surface area (Å²) in [5, 5.41) is 0. The molecule has 0 amide bonds. The third-order valence-corrected chi connectivity index (χ3v) is 19.1. The lowest BCUT2D eigenvalue weighted by molar-refractivity contribution is 0.589. The van der Waals surface area contributed by atoms with Gasteiger partial charge in [0.15, 0.2) is 23.3 Å². The Labute approximate surface area is 536 Å². The third-order valence-electron chi connectivity index (χ3n) is 19.1. The number of hydrogen-bond donors (Lipinski definition) is 0. The fraction of sp³-hybridized carbons (Fsp3) is 0.235. The molecule has 0 N–H and O–H groups in total. The lowest BCUT2D eigenvalue weighted by Gasteiger charge is -2.29. The molecule has 6 aliphatic heterocycles. The molecule has 3 aromatic heterocycles. The molecule has 17 rings (SSSR count). The summed E-state index contributed by atoms with van der Waals surface area (Å²) in [6.45, 7) is 22.7. The Bertz CT molecular complexity index is 4350. The van der Waals surface area contributed by atoms with Crippen molar-refractivity contribution in [2.45, 2.75) is 123 Å². The van der Waals surface area contributed by atoms with Crippen molar-refractivity contribution >= 4 is 68.8 Å². The topological polar surface area (TPSA) is 71.0 Å². The number of nitrogens with zero attached hydrogens (tertiary/aromatic N) is 10. The fourth-order valence-electron chi connectivity index (χ4n) is 14.5. The average Bonchev–Trinajstić information content (AvgIpc) is 1.59. The van der Waals surface area contributed by atoms with Crippen LogP contribution in [-0.4, -0.2) is 38.4 Å². The quantitative estimate of drug-likeness (QED) is 0.166. The smallest absolute Gasteiger partial charge is 0.178 e. The minimum absolute atomic E-state index is 0.0949. The van der Waals surface area contributed by atoms with E-state index in [-0.39, 0.29) is 34.7 Å². The van der Waals surface area contributed by atoms with Crippen molar-refractivity contribution in [3.05, 3.63) is 276 Å². The number of rotatable bonds is 5. The van der Waals surface area contributed by atoms with Gasteiger partial charge in [0, 0.05) is 77.9 Å². The number of benzene rings is 8. The van der Waals surface area contributed by atoms with Crippen LogP contribution in [0, 0.1) is 6.92 Å². The SMILES string of the molecule is CC(C)(C)c1ccc2c(c1)N1c3cccnc3N(c3ccccc3-c3ccccc3)C1C2.CC(C)(C)c1ccc2c(c1)N1c3nccnc3N(c3ccccc3-c3ccccc3)C1C2.Cc1ccccc1N1c2cccnc2N2c3ccc(C(C)(C)C)cc3CC12. The lowest BCUT2D eigenvalue weighted by Crippen LogP contribution is -2.36. The molecule has 0 saturated carbocycles. The maximum Gasteiger partial charge on any atom is 0.178 e. The molecule has 452 valence electrons. The fourth-order valence-corrected chi connectivity index (χ4v) is 14.5. The summed E-state index contributed by atoms with van der Waals surface area (Å²) >= 11 is 0. The van der Waals surface area contributed by atoms with Crippen molar-refractivity contribution in [1.29, 1.82) is 0 Å². The summed E-state index contributed by atoms with van der Waals surface area (Å²) in [7, 11) is 0. The number of para-hydroxylation sites is 3. The Morgan fingerprint density at radius 1 is 0.286 bits per heavy atom. The molecular formula is C81H78N10. The highest BCUT2D eigenvalue weighted by Gasteiger charge is 2.48. The zero-order valence-corrected chi connectivity index (χ0v) is 53.8. The number of aryl methyl sites for hydroxylation is 1. The number of pyridine rings is 2. The monoisotopic (exact) mass is 1190 g/mol. The van der Waals surface area contributed by atoms with Gasteiger partial charge in [0.2, 0.25) is 0 Å². The Morgan fingerprint density at radius 3 is 1.15 bits per heavy atom. The molecule has 3 unspecified atom stereocenters. The summed E-state index contributed by atoms with van der Waals surface area (Å²) in [6, 6.07) is 76.6. The zero-order chi connectivity index (χ0) is 62.5.